The highest BCUT2D eigenvalue weighted by Crippen LogP contribution is 1.96. The summed E-state index contributed by atoms with van der Waals surface area (Å²) in [7, 11) is 1.72. The molecule has 0 fully saturated rings. The van der Waals surface area contributed by atoms with Crippen molar-refractivity contribution in [2.24, 2.45) is 4.99 Å². The lowest BCUT2D eigenvalue weighted by molar-refractivity contribution is 1.48. The van der Waals surface area contributed by atoms with E-state index in [1.54, 1.807) is 13.3 Å². The van der Waals surface area contributed by atoms with Crippen molar-refractivity contribution >= 4 is 17.8 Å². The molecule has 0 heterocycles. The lowest BCUT2D eigenvalue weighted by Gasteiger charge is -1.76. The van der Waals surface area contributed by atoms with Crippen LogP contribution in [0.25, 0.3) is 0 Å². The van der Waals surface area contributed by atoms with Crippen LogP contribution in [0.15, 0.2) is 28.3 Å². The Bertz CT molecular complexity index is 141. The molecule has 0 aromatic rings. The Labute approximate surface area is 60.7 Å². The third kappa shape index (κ3) is 7.44. The molecule has 0 saturated heterocycles. The molecular weight excluding hydrogens is 134 g/mol. The molecule has 0 aromatic heterocycles. The highest BCUT2D eigenvalue weighted by atomic mass is 35.5. The van der Waals surface area contributed by atoms with E-state index in [1.165, 1.54) is 0 Å². The molecule has 0 aliphatic carbocycles. The van der Waals surface area contributed by atoms with Crippen LogP contribution < -0.4 is 0 Å². The Balaban J connectivity index is 3.60. The van der Waals surface area contributed by atoms with Crippen LogP contribution in [0, 0.1) is 0 Å². The van der Waals surface area contributed by atoms with Crippen LogP contribution in [-0.2, 0) is 0 Å². The fourth-order valence-electron chi connectivity index (χ4n) is 0.324. The highest BCUT2D eigenvalue weighted by Gasteiger charge is 1.70. The summed E-state index contributed by atoms with van der Waals surface area (Å²) >= 11 is 5.52. The first-order valence-corrected chi connectivity index (χ1v) is 3.06. The van der Waals surface area contributed by atoms with Crippen molar-refractivity contribution in [2.75, 3.05) is 7.05 Å². The molecular formula is C7H10ClN. The molecule has 1 nitrogen and oxygen atoms in total. The lowest BCUT2D eigenvalue weighted by atomic mass is 10.4. The van der Waals surface area contributed by atoms with Crippen LogP contribution >= 0.6 is 11.6 Å². The van der Waals surface area contributed by atoms with E-state index in [4.69, 9.17) is 11.6 Å². The number of halogens is 1. The van der Waals surface area contributed by atoms with Crippen molar-refractivity contribution in [3.8, 4) is 0 Å². The van der Waals surface area contributed by atoms with E-state index in [-0.39, 0.29) is 0 Å². The Hall–Kier alpha value is -0.560. The van der Waals surface area contributed by atoms with Crippen molar-refractivity contribution in [3.63, 3.8) is 0 Å². The monoisotopic (exact) mass is 143 g/mol. The zero-order valence-electron chi connectivity index (χ0n) is 5.63. The topological polar surface area (TPSA) is 12.4 Å². The third-order valence-electron chi connectivity index (χ3n) is 0.672. The lowest BCUT2D eigenvalue weighted by Crippen LogP contribution is -1.60. The molecule has 0 spiro atoms. The van der Waals surface area contributed by atoms with Gasteiger partial charge in [-0.25, -0.2) is 0 Å². The van der Waals surface area contributed by atoms with Gasteiger partial charge in [-0.15, -0.1) is 0 Å². The summed E-state index contributed by atoms with van der Waals surface area (Å²) in [6.45, 7) is 1.83. The standard InChI is InChI=1S/C7H10ClN/c1-7(8)5-3-4-6-9-2/h3-6H,1-2H3/b4-3-,7-5+,9-6?. The fraction of sp³-hybridized carbons (Fsp3) is 0.286. The van der Waals surface area contributed by atoms with Crippen molar-refractivity contribution in [1.82, 2.24) is 0 Å². The van der Waals surface area contributed by atoms with Crippen molar-refractivity contribution in [1.29, 1.82) is 0 Å². The van der Waals surface area contributed by atoms with Gasteiger partial charge in [0.2, 0.25) is 0 Å². The second-order valence-electron chi connectivity index (χ2n) is 1.55. The molecule has 50 valence electrons. The minimum Gasteiger partial charge on any atom is -0.297 e. The molecule has 2 heteroatoms. The summed E-state index contributed by atoms with van der Waals surface area (Å²) in [5.41, 5.74) is 0. The molecule has 0 bridgehead atoms. The second kappa shape index (κ2) is 5.57. The van der Waals surface area contributed by atoms with Crippen LogP contribution in [0.1, 0.15) is 6.92 Å². The van der Waals surface area contributed by atoms with Gasteiger partial charge >= 0.3 is 0 Å². The minimum absolute atomic E-state index is 0.774. The number of nitrogens with zero attached hydrogens (tertiary/aromatic N) is 1. The van der Waals surface area contributed by atoms with Gasteiger partial charge in [-0.1, -0.05) is 17.7 Å². The molecule has 0 rings (SSSR count). The Morgan fingerprint density at radius 1 is 1.44 bits per heavy atom. The van der Waals surface area contributed by atoms with Gasteiger partial charge in [0, 0.05) is 18.3 Å². The van der Waals surface area contributed by atoms with E-state index >= 15 is 0 Å². The molecule has 0 aliphatic rings. The highest BCUT2D eigenvalue weighted by molar-refractivity contribution is 6.29. The summed E-state index contributed by atoms with van der Waals surface area (Å²) in [6, 6.07) is 0. The first-order valence-electron chi connectivity index (χ1n) is 2.68. The average molecular weight is 144 g/mol. The van der Waals surface area contributed by atoms with Gasteiger partial charge < -0.3 is 0 Å². The maximum absolute atomic E-state index is 5.52. The van der Waals surface area contributed by atoms with Crippen LogP contribution in [0.5, 0.6) is 0 Å². The number of rotatable bonds is 2. The van der Waals surface area contributed by atoms with Gasteiger partial charge in [-0.3, -0.25) is 4.99 Å². The summed E-state index contributed by atoms with van der Waals surface area (Å²) < 4.78 is 0. The van der Waals surface area contributed by atoms with Gasteiger partial charge in [0.15, 0.2) is 0 Å². The first-order chi connectivity index (χ1) is 4.27. The van der Waals surface area contributed by atoms with Gasteiger partial charge in [-0.05, 0) is 19.1 Å². The quantitative estimate of drug-likeness (QED) is 0.416. The van der Waals surface area contributed by atoms with Gasteiger partial charge in [0.1, 0.15) is 0 Å². The SMILES string of the molecule is CN=C/C=C\C=C(/C)Cl. The van der Waals surface area contributed by atoms with Crippen molar-refractivity contribution in [3.05, 3.63) is 23.3 Å². The van der Waals surface area contributed by atoms with E-state index in [0.717, 1.165) is 5.03 Å². The molecule has 0 amide bonds. The minimum atomic E-state index is 0.774. The molecule has 0 unspecified atom stereocenters. The zero-order valence-corrected chi connectivity index (χ0v) is 6.39. The maximum Gasteiger partial charge on any atom is 0.0277 e. The van der Waals surface area contributed by atoms with Crippen LogP contribution in [-0.4, -0.2) is 13.3 Å². The molecule has 0 N–H and O–H groups in total. The Morgan fingerprint density at radius 3 is 2.56 bits per heavy atom. The average Bonchev–Trinajstić information content (AvgIpc) is 1.80. The number of allylic oxidation sites excluding steroid dienone is 4. The largest absolute Gasteiger partial charge is 0.297 e. The maximum atomic E-state index is 5.52. The van der Waals surface area contributed by atoms with E-state index in [0.29, 0.717) is 0 Å². The number of hydrogen-bond donors (Lipinski definition) is 0. The molecule has 0 radical (unpaired) electrons. The summed E-state index contributed by atoms with van der Waals surface area (Å²) in [6.07, 6.45) is 7.18. The predicted octanol–water partition coefficient (Wildman–Crippen LogP) is 2.39. The van der Waals surface area contributed by atoms with E-state index in [1.807, 2.05) is 25.2 Å². The van der Waals surface area contributed by atoms with E-state index < -0.39 is 0 Å². The Morgan fingerprint density at radius 2 is 2.11 bits per heavy atom. The summed E-state index contributed by atoms with van der Waals surface area (Å²) in [5.74, 6) is 0. The van der Waals surface area contributed by atoms with E-state index in [2.05, 4.69) is 4.99 Å². The smallest absolute Gasteiger partial charge is 0.0277 e. The van der Waals surface area contributed by atoms with Crippen LogP contribution in [0.2, 0.25) is 0 Å². The first kappa shape index (κ1) is 8.44. The van der Waals surface area contributed by atoms with E-state index in [9.17, 15) is 0 Å². The Kier molecular flexibility index (Phi) is 5.23. The van der Waals surface area contributed by atoms with Gasteiger partial charge in [-0.2, -0.15) is 0 Å². The predicted molar refractivity (Wildman–Crippen MR) is 43.2 cm³/mol. The van der Waals surface area contributed by atoms with Crippen LogP contribution in [0.4, 0.5) is 0 Å². The van der Waals surface area contributed by atoms with Crippen molar-refractivity contribution in [2.45, 2.75) is 6.92 Å². The zero-order chi connectivity index (χ0) is 7.11. The number of aliphatic imine (C=N–C) groups is 1. The normalized spacial score (nSPS) is 13.9. The van der Waals surface area contributed by atoms with Gasteiger partial charge in [0.25, 0.3) is 0 Å². The molecule has 0 saturated carbocycles. The number of hydrogen-bond acceptors (Lipinski definition) is 1. The molecule has 0 aliphatic heterocycles. The van der Waals surface area contributed by atoms with Crippen molar-refractivity contribution < 1.29 is 0 Å². The second-order valence-corrected chi connectivity index (χ2v) is 2.14. The van der Waals surface area contributed by atoms with Crippen LogP contribution in [0.3, 0.4) is 0 Å². The van der Waals surface area contributed by atoms with Gasteiger partial charge in [0.05, 0.1) is 0 Å². The fourth-order valence-corrected chi connectivity index (χ4v) is 0.397. The molecule has 0 atom stereocenters. The summed E-state index contributed by atoms with van der Waals surface area (Å²) in [5, 5.41) is 0.774. The summed E-state index contributed by atoms with van der Waals surface area (Å²) in [4.78, 5) is 3.75. The molecule has 0 aromatic carbocycles. The third-order valence-corrected chi connectivity index (χ3v) is 0.798. The molecule has 9 heavy (non-hydrogen) atoms.